The smallest absolute Gasteiger partial charge is 0.0747 e. The molecule has 0 saturated carbocycles. The molecule has 3 atom stereocenters. The van der Waals surface area contributed by atoms with Crippen molar-refractivity contribution in [3.63, 3.8) is 0 Å². The minimum atomic E-state index is 0.304. The first-order valence-electron chi connectivity index (χ1n) is 7.56. The van der Waals surface area contributed by atoms with E-state index >= 15 is 0 Å². The molecule has 1 N–H and O–H groups in total. The molecule has 0 aliphatic carbocycles. The molecule has 1 aliphatic rings. The molecule has 1 heterocycles. The number of rotatable bonds is 9. The van der Waals surface area contributed by atoms with E-state index in [0.717, 1.165) is 26.0 Å². The van der Waals surface area contributed by atoms with Crippen LogP contribution in [0.3, 0.4) is 0 Å². The van der Waals surface area contributed by atoms with Gasteiger partial charge in [-0.05, 0) is 44.6 Å². The van der Waals surface area contributed by atoms with E-state index in [1.165, 1.54) is 19.3 Å². The van der Waals surface area contributed by atoms with E-state index in [1.807, 2.05) is 7.11 Å². The van der Waals surface area contributed by atoms with Crippen LogP contribution in [0.15, 0.2) is 0 Å². The summed E-state index contributed by atoms with van der Waals surface area (Å²) in [6.07, 6.45) is 6.74. The van der Waals surface area contributed by atoms with Gasteiger partial charge in [-0.2, -0.15) is 0 Å². The molecule has 0 radical (unpaired) electrons. The van der Waals surface area contributed by atoms with Crippen molar-refractivity contribution in [2.24, 2.45) is 5.92 Å². The number of hydrogen-bond donors (Lipinski definition) is 1. The molecule has 1 rings (SSSR count). The Morgan fingerprint density at radius 2 is 2.17 bits per heavy atom. The Labute approximate surface area is 113 Å². The molecule has 3 heteroatoms. The van der Waals surface area contributed by atoms with Crippen molar-refractivity contribution in [3.8, 4) is 0 Å². The van der Waals surface area contributed by atoms with Crippen molar-refractivity contribution in [1.82, 2.24) is 5.32 Å². The highest BCUT2D eigenvalue weighted by Crippen LogP contribution is 2.21. The molecular formula is C15H31NO2. The lowest BCUT2D eigenvalue weighted by Crippen LogP contribution is -2.44. The van der Waals surface area contributed by atoms with Crippen LogP contribution >= 0.6 is 0 Å². The van der Waals surface area contributed by atoms with Gasteiger partial charge in [0, 0.05) is 19.8 Å². The summed E-state index contributed by atoms with van der Waals surface area (Å²) in [4.78, 5) is 0. The van der Waals surface area contributed by atoms with Crippen molar-refractivity contribution < 1.29 is 9.47 Å². The van der Waals surface area contributed by atoms with E-state index in [9.17, 15) is 0 Å². The van der Waals surface area contributed by atoms with Gasteiger partial charge < -0.3 is 14.8 Å². The molecule has 0 aromatic rings. The molecular weight excluding hydrogens is 226 g/mol. The highest BCUT2D eigenvalue weighted by atomic mass is 16.5. The van der Waals surface area contributed by atoms with Gasteiger partial charge in [0.1, 0.15) is 0 Å². The van der Waals surface area contributed by atoms with Gasteiger partial charge in [0.25, 0.3) is 0 Å². The predicted octanol–water partition coefficient (Wildman–Crippen LogP) is 2.98. The van der Waals surface area contributed by atoms with Crippen LogP contribution in [-0.4, -0.2) is 38.5 Å². The van der Waals surface area contributed by atoms with Crippen LogP contribution in [0.4, 0.5) is 0 Å². The van der Waals surface area contributed by atoms with Crippen LogP contribution < -0.4 is 5.32 Å². The zero-order valence-electron chi connectivity index (χ0n) is 12.6. The normalized spacial score (nSPS) is 23.5. The van der Waals surface area contributed by atoms with Crippen LogP contribution in [0.2, 0.25) is 0 Å². The minimum Gasteiger partial charge on any atom is -0.380 e. The second kappa shape index (κ2) is 8.89. The Morgan fingerprint density at radius 1 is 1.39 bits per heavy atom. The second-order valence-corrected chi connectivity index (χ2v) is 5.72. The topological polar surface area (TPSA) is 30.5 Å². The molecule has 3 unspecified atom stereocenters. The average Bonchev–Trinajstić information content (AvgIpc) is 2.85. The van der Waals surface area contributed by atoms with E-state index in [0.29, 0.717) is 24.2 Å². The van der Waals surface area contributed by atoms with Crippen LogP contribution in [0.1, 0.15) is 52.9 Å². The number of hydrogen-bond acceptors (Lipinski definition) is 3. The SMILES string of the molecule is CCCNC(CCC1CCCO1)C(OC)C(C)C. The van der Waals surface area contributed by atoms with Gasteiger partial charge in [-0.1, -0.05) is 20.8 Å². The third-order valence-corrected chi connectivity index (χ3v) is 3.81. The Morgan fingerprint density at radius 3 is 2.67 bits per heavy atom. The summed E-state index contributed by atoms with van der Waals surface area (Å²) < 4.78 is 11.4. The Balaban J connectivity index is 2.41. The largest absolute Gasteiger partial charge is 0.380 e. The fraction of sp³-hybridized carbons (Fsp3) is 1.00. The zero-order valence-corrected chi connectivity index (χ0v) is 12.6. The summed E-state index contributed by atoms with van der Waals surface area (Å²) in [6.45, 7) is 8.71. The first-order valence-corrected chi connectivity index (χ1v) is 7.56. The van der Waals surface area contributed by atoms with E-state index in [4.69, 9.17) is 9.47 Å². The number of nitrogens with one attached hydrogen (secondary N) is 1. The molecule has 18 heavy (non-hydrogen) atoms. The van der Waals surface area contributed by atoms with Gasteiger partial charge in [-0.15, -0.1) is 0 Å². The third kappa shape index (κ3) is 5.25. The molecule has 1 saturated heterocycles. The van der Waals surface area contributed by atoms with Crippen molar-refractivity contribution in [2.45, 2.75) is 71.1 Å². The molecule has 0 bridgehead atoms. The molecule has 0 spiro atoms. The molecule has 108 valence electrons. The molecule has 0 aromatic heterocycles. The lowest BCUT2D eigenvalue weighted by atomic mass is 9.94. The fourth-order valence-electron chi connectivity index (χ4n) is 2.85. The maximum atomic E-state index is 5.71. The van der Waals surface area contributed by atoms with Gasteiger partial charge >= 0.3 is 0 Å². The van der Waals surface area contributed by atoms with E-state index in [2.05, 4.69) is 26.1 Å². The summed E-state index contributed by atoms with van der Waals surface area (Å²) in [7, 11) is 1.83. The number of methoxy groups -OCH3 is 1. The van der Waals surface area contributed by atoms with Crippen LogP contribution in [0.5, 0.6) is 0 Å². The van der Waals surface area contributed by atoms with E-state index in [1.54, 1.807) is 0 Å². The van der Waals surface area contributed by atoms with Crippen molar-refractivity contribution in [2.75, 3.05) is 20.3 Å². The molecule has 3 nitrogen and oxygen atoms in total. The highest BCUT2D eigenvalue weighted by molar-refractivity contribution is 4.81. The standard InChI is InChI=1S/C15H31NO2/c1-5-10-16-14(15(17-4)12(2)3)9-8-13-7-6-11-18-13/h12-16H,5-11H2,1-4H3. The van der Waals surface area contributed by atoms with Gasteiger partial charge in [0.2, 0.25) is 0 Å². The monoisotopic (exact) mass is 257 g/mol. The van der Waals surface area contributed by atoms with E-state index < -0.39 is 0 Å². The minimum absolute atomic E-state index is 0.304. The Bertz CT molecular complexity index is 203. The van der Waals surface area contributed by atoms with Gasteiger partial charge in [-0.3, -0.25) is 0 Å². The van der Waals surface area contributed by atoms with Crippen molar-refractivity contribution >= 4 is 0 Å². The van der Waals surface area contributed by atoms with Crippen molar-refractivity contribution in [1.29, 1.82) is 0 Å². The lowest BCUT2D eigenvalue weighted by Gasteiger charge is -2.30. The molecule has 1 fully saturated rings. The van der Waals surface area contributed by atoms with Crippen LogP contribution in [0.25, 0.3) is 0 Å². The predicted molar refractivity (Wildman–Crippen MR) is 75.9 cm³/mol. The summed E-state index contributed by atoms with van der Waals surface area (Å²) in [5.41, 5.74) is 0. The third-order valence-electron chi connectivity index (χ3n) is 3.81. The van der Waals surface area contributed by atoms with E-state index in [-0.39, 0.29) is 0 Å². The van der Waals surface area contributed by atoms with Gasteiger partial charge in [0.05, 0.1) is 12.2 Å². The fourth-order valence-corrected chi connectivity index (χ4v) is 2.85. The maximum absolute atomic E-state index is 5.71. The first-order chi connectivity index (χ1) is 8.69. The molecule has 0 amide bonds. The summed E-state index contributed by atoms with van der Waals surface area (Å²) in [5, 5.41) is 3.65. The first kappa shape index (κ1) is 15.9. The summed E-state index contributed by atoms with van der Waals surface area (Å²) in [5.74, 6) is 0.550. The van der Waals surface area contributed by atoms with Crippen molar-refractivity contribution in [3.05, 3.63) is 0 Å². The summed E-state index contributed by atoms with van der Waals surface area (Å²) in [6, 6.07) is 0.458. The van der Waals surface area contributed by atoms with Crippen LogP contribution in [-0.2, 0) is 9.47 Å². The van der Waals surface area contributed by atoms with Gasteiger partial charge in [0.15, 0.2) is 0 Å². The van der Waals surface area contributed by atoms with Gasteiger partial charge in [-0.25, -0.2) is 0 Å². The zero-order chi connectivity index (χ0) is 13.4. The lowest BCUT2D eigenvalue weighted by molar-refractivity contribution is 0.0235. The second-order valence-electron chi connectivity index (χ2n) is 5.72. The quantitative estimate of drug-likeness (QED) is 0.689. The maximum Gasteiger partial charge on any atom is 0.0747 e. The average molecular weight is 257 g/mol. The molecule has 1 aliphatic heterocycles. The highest BCUT2D eigenvalue weighted by Gasteiger charge is 2.25. The summed E-state index contributed by atoms with van der Waals surface area (Å²) >= 11 is 0. The molecule has 0 aromatic carbocycles. The number of ether oxygens (including phenoxy) is 2. The Hall–Kier alpha value is -0.120. The van der Waals surface area contributed by atoms with Crippen LogP contribution in [0, 0.1) is 5.92 Å². The Kier molecular flexibility index (Phi) is 7.87.